The van der Waals surface area contributed by atoms with E-state index in [2.05, 4.69) is 167 Å². The molecule has 1 heterocycles. The zero-order valence-corrected chi connectivity index (χ0v) is 30.9. The monoisotopic (exact) mass is 698 g/mol. The molecule has 0 amide bonds. The fraction of sp³-hybridized carbons (Fsp3) is 0.160. The molecular formula is C50H39BO3. The Morgan fingerprint density at radius 3 is 1.41 bits per heavy atom. The second kappa shape index (κ2) is 10.7. The Morgan fingerprint density at radius 1 is 0.407 bits per heavy atom. The maximum Gasteiger partial charge on any atom is 0.494 e. The molecule has 1 fully saturated rings. The van der Waals surface area contributed by atoms with Crippen LogP contribution in [0.1, 0.15) is 72.2 Å². The summed E-state index contributed by atoms with van der Waals surface area (Å²) < 4.78 is 13.2. The molecule has 7 aromatic carbocycles. The van der Waals surface area contributed by atoms with Gasteiger partial charge in [0.1, 0.15) is 5.75 Å². The summed E-state index contributed by atoms with van der Waals surface area (Å²) in [5, 5.41) is 12.9. The lowest BCUT2D eigenvalue weighted by molar-refractivity contribution is 0.00578. The first-order valence-corrected chi connectivity index (χ1v) is 19.0. The second-order valence-corrected chi connectivity index (χ2v) is 16.3. The maximum atomic E-state index is 12.9. The molecule has 3 nitrogen and oxygen atoms in total. The molecule has 1 aliphatic heterocycles. The van der Waals surface area contributed by atoms with E-state index in [4.69, 9.17) is 9.31 Å². The zero-order chi connectivity index (χ0) is 36.6. The van der Waals surface area contributed by atoms with Crippen molar-refractivity contribution in [1.29, 1.82) is 0 Å². The molecule has 7 aromatic rings. The predicted molar refractivity (Wildman–Crippen MR) is 217 cm³/mol. The Bertz CT molecular complexity index is 2600. The van der Waals surface area contributed by atoms with Gasteiger partial charge in [-0.25, -0.2) is 0 Å². The highest BCUT2D eigenvalue weighted by Crippen LogP contribution is 2.68. The Hall–Kier alpha value is -5.68. The van der Waals surface area contributed by atoms with Crippen LogP contribution in [0.4, 0.5) is 0 Å². The van der Waals surface area contributed by atoms with Crippen molar-refractivity contribution in [3.8, 4) is 39.1 Å². The van der Waals surface area contributed by atoms with Crippen LogP contribution in [-0.2, 0) is 20.1 Å². The van der Waals surface area contributed by atoms with Crippen LogP contribution in [0, 0.1) is 0 Å². The Balaban J connectivity index is 1.27. The van der Waals surface area contributed by atoms with E-state index in [0.29, 0.717) is 5.75 Å². The van der Waals surface area contributed by atoms with Crippen molar-refractivity contribution >= 4 is 12.6 Å². The van der Waals surface area contributed by atoms with Crippen LogP contribution < -0.4 is 5.46 Å². The number of hydrogen-bond donors (Lipinski definition) is 1. The molecule has 11 rings (SSSR count). The van der Waals surface area contributed by atoms with Crippen molar-refractivity contribution in [2.75, 3.05) is 0 Å². The van der Waals surface area contributed by atoms with Crippen LogP contribution in [0.15, 0.2) is 158 Å². The lowest BCUT2D eigenvalue weighted by atomic mass is 9.52. The summed E-state index contributed by atoms with van der Waals surface area (Å²) in [7, 11) is -0.516. The molecule has 260 valence electrons. The number of rotatable bonds is 2. The minimum absolute atomic E-state index is 0.305. The highest BCUT2D eigenvalue weighted by atomic mass is 16.7. The van der Waals surface area contributed by atoms with Gasteiger partial charge in [0.15, 0.2) is 0 Å². The average molecular weight is 699 g/mol. The van der Waals surface area contributed by atoms with Crippen LogP contribution in [0.2, 0.25) is 0 Å². The number of hydrogen-bond acceptors (Lipinski definition) is 3. The van der Waals surface area contributed by atoms with Gasteiger partial charge in [-0.1, -0.05) is 158 Å². The van der Waals surface area contributed by atoms with Gasteiger partial charge in [-0.3, -0.25) is 0 Å². The predicted octanol–water partition coefficient (Wildman–Crippen LogP) is 10.4. The fourth-order valence-corrected chi connectivity index (χ4v) is 10.4. The first-order valence-electron chi connectivity index (χ1n) is 19.0. The first-order chi connectivity index (χ1) is 26.2. The number of phenols is 1. The third-order valence-electron chi connectivity index (χ3n) is 13.3. The number of fused-ring (bicyclic) bond motifs is 16. The lowest BCUT2D eigenvalue weighted by Crippen LogP contribution is -2.44. The smallest absolute Gasteiger partial charge is 0.494 e. The highest BCUT2D eigenvalue weighted by Gasteiger charge is 2.60. The molecule has 1 N–H and O–H groups in total. The number of phenolic OH excluding ortho intramolecular Hbond substituents is 1. The van der Waals surface area contributed by atoms with E-state index in [1.54, 1.807) is 0 Å². The van der Waals surface area contributed by atoms with Gasteiger partial charge >= 0.3 is 7.12 Å². The van der Waals surface area contributed by atoms with Crippen molar-refractivity contribution in [1.82, 2.24) is 0 Å². The van der Waals surface area contributed by atoms with E-state index in [1.807, 2.05) is 18.2 Å². The molecule has 0 unspecified atom stereocenters. The Morgan fingerprint density at radius 2 is 0.852 bits per heavy atom. The zero-order valence-electron chi connectivity index (χ0n) is 30.9. The van der Waals surface area contributed by atoms with Gasteiger partial charge in [-0.15, -0.1) is 0 Å². The molecule has 0 saturated carbocycles. The molecule has 0 bridgehead atoms. The van der Waals surface area contributed by atoms with Crippen LogP contribution >= 0.6 is 0 Å². The van der Waals surface area contributed by atoms with Crippen molar-refractivity contribution in [3.63, 3.8) is 0 Å². The summed E-state index contributed by atoms with van der Waals surface area (Å²) in [4.78, 5) is 0. The van der Waals surface area contributed by atoms with Crippen molar-refractivity contribution in [2.24, 2.45) is 0 Å². The van der Waals surface area contributed by atoms with Crippen molar-refractivity contribution in [2.45, 2.75) is 49.7 Å². The van der Waals surface area contributed by atoms with Crippen molar-refractivity contribution in [3.05, 3.63) is 202 Å². The molecule has 0 aromatic heterocycles. The molecule has 4 aliphatic rings. The normalized spacial score (nSPS) is 18.1. The number of benzene rings is 7. The lowest BCUT2D eigenvalue weighted by Gasteiger charge is -2.49. The quantitative estimate of drug-likeness (QED) is 0.183. The van der Waals surface area contributed by atoms with Gasteiger partial charge in [-0.05, 0) is 99.9 Å². The molecule has 54 heavy (non-hydrogen) atoms. The molecular weight excluding hydrogens is 659 g/mol. The van der Waals surface area contributed by atoms with Gasteiger partial charge < -0.3 is 14.4 Å². The van der Waals surface area contributed by atoms with Gasteiger partial charge in [-0.2, -0.15) is 0 Å². The molecule has 4 heteroatoms. The Kier molecular flexibility index (Phi) is 6.32. The summed E-state index contributed by atoms with van der Waals surface area (Å²) in [5.74, 6) is 0.305. The van der Waals surface area contributed by atoms with E-state index < -0.39 is 29.2 Å². The first kappa shape index (κ1) is 31.8. The summed E-state index contributed by atoms with van der Waals surface area (Å²) in [6.45, 7) is 8.38. The molecule has 0 radical (unpaired) electrons. The molecule has 2 spiro atoms. The van der Waals surface area contributed by atoms with E-state index in [9.17, 15) is 5.11 Å². The summed E-state index contributed by atoms with van der Waals surface area (Å²) in [5.41, 5.74) is 14.6. The third kappa shape index (κ3) is 3.75. The van der Waals surface area contributed by atoms with Crippen LogP contribution in [0.25, 0.3) is 33.4 Å². The second-order valence-electron chi connectivity index (χ2n) is 16.3. The highest BCUT2D eigenvalue weighted by molar-refractivity contribution is 6.62. The fourth-order valence-electron chi connectivity index (χ4n) is 10.4. The van der Waals surface area contributed by atoms with Gasteiger partial charge in [0.25, 0.3) is 0 Å². The van der Waals surface area contributed by atoms with Crippen LogP contribution in [0.3, 0.4) is 0 Å². The molecule has 1 saturated heterocycles. The minimum atomic E-state index is -0.821. The van der Waals surface area contributed by atoms with E-state index in [0.717, 1.165) is 38.8 Å². The number of aromatic hydroxyl groups is 1. The standard InChI is InChI=1S/C50H39BO3/c1-47(2)48(3,4)54-51(53-47)32-26-29-40-37(30-32)36-28-27-33(31-16-6-5-7-17-31)46(52)45(36)50(40)43-24-14-12-22-41(43)49(42-23-13-15-25-44(42)50)38-20-10-8-18-34(38)35-19-9-11-21-39(35)49/h5-30,52H,1-4H3. The maximum absolute atomic E-state index is 12.9. The molecule has 3 aliphatic carbocycles. The van der Waals surface area contributed by atoms with E-state index in [1.165, 1.54) is 44.5 Å². The largest absolute Gasteiger partial charge is 0.507 e. The summed E-state index contributed by atoms with van der Waals surface area (Å²) in [6.07, 6.45) is 0. The van der Waals surface area contributed by atoms with Crippen molar-refractivity contribution < 1.29 is 14.4 Å². The summed E-state index contributed by atoms with van der Waals surface area (Å²) >= 11 is 0. The average Bonchev–Trinajstić information content (AvgIpc) is 3.75. The van der Waals surface area contributed by atoms with E-state index in [-0.39, 0.29) is 0 Å². The Labute approximate surface area is 317 Å². The SMILES string of the molecule is CC1(C)OB(c2ccc3c(c2)-c2ccc(-c4ccccc4)c(O)c2C32c3ccccc3C3(c4ccccc4-c4ccccc43)c3ccccc32)OC1(C)C. The minimum Gasteiger partial charge on any atom is -0.507 e. The van der Waals surface area contributed by atoms with E-state index >= 15 is 0 Å². The topological polar surface area (TPSA) is 38.7 Å². The molecule has 0 atom stereocenters. The van der Waals surface area contributed by atoms with Crippen LogP contribution in [0.5, 0.6) is 5.75 Å². The van der Waals surface area contributed by atoms with Gasteiger partial charge in [0.05, 0.1) is 22.0 Å². The third-order valence-corrected chi connectivity index (χ3v) is 13.3. The van der Waals surface area contributed by atoms with Gasteiger partial charge in [0.2, 0.25) is 0 Å². The van der Waals surface area contributed by atoms with Crippen LogP contribution in [-0.4, -0.2) is 23.4 Å². The summed E-state index contributed by atoms with van der Waals surface area (Å²) in [6, 6.07) is 57.1. The van der Waals surface area contributed by atoms with Gasteiger partial charge in [0, 0.05) is 11.1 Å².